The van der Waals surface area contributed by atoms with Crippen molar-refractivity contribution in [2.75, 3.05) is 44.2 Å². The number of anilines is 1. The van der Waals surface area contributed by atoms with Crippen molar-refractivity contribution in [3.05, 3.63) is 80.0 Å². The number of piperazine rings is 1. The molecule has 2 aromatic heterocycles. The molecule has 230 valence electrons. The lowest BCUT2D eigenvalue weighted by Crippen LogP contribution is -2.57. The molecule has 14 heteroatoms. The number of amides is 3. The number of imidazole rings is 1. The number of rotatable bonds is 6. The zero-order chi connectivity index (χ0) is 30.8. The van der Waals surface area contributed by atoms with Crippen molar-refractivity contribution in [1.29, 1.82) is 0 Å². The molecule has 0 aliphatic carbocycles. The predicted octanol–water partition coefficient (Wildman–Crippen LogP) is 3.66. The third-order valence-corrected chi connectivity index (χ3v) is 9.53. The maximum Gasteiger partial charge on any atom is 0.326 e. The first-order valence-electron chi connectivity index (χ1n) is 14.5. The number of aromatic amines is 1. The standard InChI is InChI=1S/C30H32Br2N8O4/c31-21-15-19(16-22(32)27(21)41)17-24(28(42)38-13-11-37(12-14-38)26-18-33-7-8-34-26)36-29(43)39-9-5-20(6-10-39)40-25-4-2-1-3-23(25)35-30(40)44/h1-4,7-8,15-16,18,20,24,41H,5-6,9-14,17H2,(H,35,44)(H,36,43)/t24-/m1/s1. The van der Waals surface area contributed by atoms with Gasteiger partial charge in [-0.2, -0.15) is 0 Å². The van der Waals surface area contributed by atoms with Crippen LogP contribution in [0.1, 0.15) is 24.4 Å². The van der Waals surface area contributed by atoms with E-state index in [0.717, 1.165) is 22.4 Å². The number of piperidine rings is 1. The quantitative estimate of drug-likeness (QED) is 0.276. The first-order valence-corrected chi connectivity index (χ1v) is 16.1. The van der Waals surface area contributed by atoms with E-state index in [-0.39, 0.29) is 35.8 Å². The van der Waals surface area contributed by atoms with Gasteiger partial charge in [-0.15, -0.1) is 0 Å². The Morgan fingerprint density at radius 1 is 1.00 bits per heavy atom. The number of urea groups is 1. The number of likely N-dealkylation sites (tertiary alicyclic amines) is 1. The number of hydrogen-bond acceptors (Lipinski definition) is 7. The van der Waals surface area contributed by atoms with Crippen LogP contribution in [0.3, 0.4) is 0 Å². The molecule has 6 rings (SSSR count). The van der Waals surface area contributed by atoms with Gasteiger partial charge in [-0.3, -0.25) is 14.3 Å². The molecular formula is C30H32Br2N8O4. The van der Waals surface area contributed by atoms with Gasteiger partial charge < -0.3 is 30.1 Å². The summed E-state index contributed by atoms with van der Waals surface area (Å²) in [5, 5.41) is 13.2. The summed E-state index contributed by atoms with van der Waals surface area (Å²) < 4.78 is 2.77. The molecule has 2 aliphatic rings. The van der Waals surface area contributed by atoms with Gasteiger partial charge >= 0.3 is 11.7 Å². The molecule has 2 aromatic carbocycles. The Hall–Kier alpha value is -3.91. The molecule has 0 unspecified atom stereocenters. The van der Waals surface area contributed by atoms with Gasteiger partial charge in [-0.1, -0.05) is 12.1 Å². The number of nitrogens with zero attached hydrogens (tertiary/aromatic N) is 6. The zero-order valence-corrected chi connectivity index (χ0v) is 27.0. The average Bonchev–Trinajstić information content (AvgIpc) is 3.39. The van der Waals surface area contributed by atoms with Crippen LogP contribution in [0.5, 0.6) is 5.75 Å². The van der Waals surface area contributed by atoms with Crippen LogP contribution in [0.4, 0.5) is 10.6 Å². The molecule has 0 saturated carbocycles. The van der Waals surface area contributed by atoms with Gasteiger partial charge in [0.15, 0.2) is 0 Å². The molecule has 4 heterocycles. The fourth-order valence-corrected chi connectivity index (χ4v) is 7.29. The van der Waals surface area contributed by atoms with E-state index in [4.69, 9.17) is 0 Å². The van der Waals surface area contributed by atoms with Crippen molar-refractivity contribution in [3.8, 4) is 5.75 Å². The number of H-pyrrole nitrogens is 1. The van der Waals surface area contributed by atoms with Crippen LogP contribution in [0, 0.1) is 0 Å². The Balaban J connectivity index is 1.14. The first kappa shape index (κ1) is 30.1. The van der Waals surface area contributed by atoms with Gasteiger partial charge in [-0.05, 0) is 74.5 Å². The SMILES string of the molecule is O=C(N[C@H](Cc1cc(Br)c(O)c(Br)c1)C(=O)N1CCN(c2cnccn2)CC1)N1CCC(n2c(=O)[nH]c3ccccc32)CC1. The largest absolute Gasteiger partial charge is 0.506 e. The van der Waals surface area contributed by atoms with Crippen LogP contribution in [0.25, 0.3) is 11.0 Å². The third-order valence-electron chi connectivity index (χ3n) is 8.32. The van der Waals surface area contributed by atoms with Crippen LogP contribution < -0.4 is 15.9 Å². The zero-order valence-electron chi connectivity index (χ0n) is 23.8. The highest BCUT2D eigenvalue weighted by Gasteiger charge is 2.32. The maximum absolute atomic E-state index is 13.9. The minimum atomic E-state index is -0.817. The number of carbonyl (C=O) groups excluding carboxylic acids is 2. The Morgan fingerprint density at radius 2 is 1.70 bits per heavy atom. The van der Waals surface area contributed by atoms with E-state index in [0.29, 0.717) is 61.1 Å². The second kappa shape index (κ2) is 13.0. The van der Waals surface area contributed by atoms with E-state index in [1.54, 1.807) is 45.1 Å². The molecule has 0 radical (unpaired) electrons. The van der Waals surface area contributed by atoms with Crippen LogP contribution in [-0.2, 0) is 11.2 Å². The summed E-state index contributed by atoms with van der Waals surface area (Å²) in [5.41, 5.74) is 2.28. The fourth-order valence-electron chi connectivity index (χ4n) is 6.01. The minimum absolute atomic E-state index is 0.0302. The van der Waals surface area contributed by atoms with E-state index in [1.165, 1.54) is 0 Å². The van der Waals surface area contributed by atoms with Crippen molar-refractivity contribution in [2.24, 2.45) is 0 Å². The third kappa shape index (κ3) is 6.32. The van der Waals surface area contributed by atoms with Gasteiger partial charge in [0.25, 0.3) is 0 Å². The molecule has 0 spiro atoms. The molecular weight excluding hydrogens is 696 g/mol. The van der Waals surface area contributed by atoms with Crippen LogP contribution >= 0.6 is 31.9 Å². The molecule has 3 N–H and O–H groups in total. The Labute approximate surface area is 270 Å². The normalized spacial score (nSPS) is 16.7. The molecule has 2 fully saturated rings. The summed E-state index contributed by atoms with van der Waals surface area (Å²) in [6.45, 7) is 3.07. The lowest BCUT2D eigenvalue weighted by Gasteiger charge is -2.38. The summed E-state index contributed by atoms with van der Waals surface area (Å²) in [7, 11) is 0. The Kier molecular flexibility index (Phi) is 8.89. The number of para-hydroxylation sites is 2. The van der Waals surface area contributed by atoms with Crippen molar-refractivity contribution in [3.63, 3.8) is 0 Å². The molecule has 0 bridgehead atoms. The van der Waals surface area contributed by atoms with E-state index in [1.807, 2.05) is 24.3 Å². The summed E-state index contributed by atoms with van der Waals surface area (Å²) in [6.07, 6.45) is 6.47. The fraction of sp³-hybridized carbons (Fsp3) is 0.367. The number of phenolic OH excluding ortho intramolecular Hbond substituents is 1. The highest BCUT2D eigenvalue weighted by atomic mass is 79.9. The molecule has 4 aromatic rings. The lowest BCUT2D eigenvalue weighted by molar-refractivity contribution is -0.133. The summed E-state index contributed by atoms with van der Waals surface area (Å²) in [6, 6.07) is 9.95. The highest BCUT2D eigenvalue weighted by Crippen LogP contribution is 2.34. The first-order chi connectivity index (χ1) is 21.3. The molecule has 1 atom stereocenters. The second-order valence-electron chi connectivity index (χ2n) is 11.0. The minimum Gasteiger partial charge on any atom is -0.506 e. The van der Waals surface area contributed by atoms with Crippen molar-refractivity contribution in [2.45, 2.75) is 31.3 Å². The van der Waals surface area contributed by atoms with Crippen LogP contribution in [-0.4, -0.2) is 91.7 Å². The predicted molar refractivity (Wildman–Crippen MR) is 173 cm³/mol. The van der Waals surface area contributed by atoms with E-state index in [2.05, 4.69) is 57.0 Å². The summed E-state index contributed by atoms with van der Waals surface area (Å²) in [5.74, 6) is 0.664. The van der Waals surface area contributed by atoms with Gasteiger partial charge in [0.05, 0.1) is 26.2 Å². The number of nitrogens with one attached hydrogen (secondary N) is 2. The number of carbonyl (C=O) groups is 2. The monoisotopic (exact) mass is 726 g/mol. The van der Waals surface area contributed by atoms with E-state index < -0.39 is 6.04 Å². The average molecular weight is 728 g/mol. The highest BCUT2D eigenvalue weighted by molar-refractivity contribution is 9.11. The van der Waals surface area contributed by atoms with Crippen molar-refractivity contribution in [1.82, 2.24) is 34.6 Å². The number of hydrogen-bond donors (Lipinski definition) is 3. The Morgan fingerprint density at radius 3 is 2.39 bits per heavy atom. The van der Waals surface area contributed by atoms with Gasteiger partial charge in [0.2, 0.25) is 5.91 Å². The van der Waals surface area contributed by atoms with E-state index in [9.17, 15) is 19.5 Å². The van der Waals surface area contributed by atoms with E-state index >= 15 is 0 Å². The smallest absolute Gasteiger partial charge is 0.326 e. The molecule has 44 heavy (non-hydrogen) atoms. The number of aromatic nitrogens is 4. The van der Waals surface area contributed by atoms with Crippen LogP contribution in [0.2, 0.25) is 0 Å². The number of halogens is 2. The number of aromatic hydroxyl groups is 1. The molecule has 2 aliphatic heterocycles. The van der Waals surface area contributed by atoms with Gasteiger partial charge in [-0.25, -0.2) is 14.6 Å². The topological polar surface area (TPSA) is 140 Å². The van der Waals surface area contributed by atoms with Crippen molar-refractivity contribution < 1.29 is 14.7 Å². The van der Waals surface area contributed by atoms with Gasteiger partial charge in [0, 0.05) is 64.1 Å². The molecule has 2 saturated heterocycles. The number of phenols is 1. The van der Waals surface area contributed by atoms with Crippen molar-refractivity contribution >= 4 is 60.6 Å². The van der Waals surface area contributed by atoms with Crippen LogP contribution in [0.15, 0.2) is 68.7 Å². The molecule has 12 nitrogen and oxygen atoms in total. The summed E-state index contributed by atoms with van der Waals surface area (Å²) >= 11 is 6.74. The lowest BCUT2D eigenvalue weighted by atomic mass is 10.0. The van der Waals surface area contributed by atoms with Gasteiger partial charge in [0.1, 0.15) is 17.6 Å². The maximum atomic E-state index is 13.9. The number of benzene rings is 2. The summed E-state index contributed by atoms with van der Waals surface area (Å²) in [4.78, 5) is 57.2. The second-order valence-corrected chi connectivity index (χ2v) is 12.7. The Bertz CT molecular complexity index is 1690. The number of fused-ring (bicyclic) bond motifs is 1. The molecule has 3 amide bonds.